The molecular weight excluding hydrogens is 789 g/mol. The van der Waals surface area contributed by atoms with Gasteiger partial charge >= 0.3 is 5.69 Å². The molecular formula is C44H56N14O4. The fourth-order valence-corrected chi connectivity index (χ4v) is 4.29. The highest BCUT2D eigenvalue weighted by molar-refractivity contribution is 5.91. The number of aromatic nitrogens is 5. The van der Waals surface area contributed by atoms with E-state index in [1.54, 1.807) is 11.7 Å². The topological polar surface area (TPSA) is 211 Å². The van der Waals surface area contributed by atoms with Crippen LogP contribution in [0.1, 0.15) is 29.1 Å². The number of rotatable bonds is 11. The van der Waals surface area contributed by atoms with E-state index in [2.05, 4.69) is 184 Å². The summed E-state index contributed by atoms with van der Waals surface area (Å²) >= 11 is 0. The number of hydrogen-bond acceptors (Lipinski definition) is 11. The number of nitro groups is 1. The second-order valence-corrected chi connectivity index (χ2v) is 11.1. The SMILES string of the molecule is C#CC#CC#CC#CC#CC#CC#CC#CC#CC#CC#C.COc1ccc(Cn2c(=O)n3ncnc3c3cc(N(C)CCCN(C)C)cnc32)cc1.NN=NN=NN[N+](=O)[O-].[HH].[HH].[HH].[HH].[HH].[HH].[HH].[HH].[HH].[HH].[HH].[HH]. The van der Waals surface area contributed by atoms with Gasteiger partial charge < -0.3 is 30.5 Å². The number of nitrogens with zero attached hydrogens (tertiary/aromatic N) is 12. The fraction of sp³-hybridized carbons (Fsp3) is 0.182. The van der Waals surface area contributed by atoms with Gasteiger partial charge in [-0.25, -0.2) is 14.8 Å². The van der Waals surface area contributed by atoms with Crippen LogP contribution in [0.5, 0.6) is 5.75 Å². The van der Waals surface area contributed by atoms with Crippen LogP contribution in [0.25, 0.3) is 16.7 Å². The molecule has 326 valence electrons. The van der Waals surface area contributed by atoms with E-state index in [0.717, 1.165) is 41.9 Å². The van der Waals surface area contributed by atoms with Crippen molar-refractivity contribution in [1.29, 1.82) is 0 Å². The zero-order valence-electron chi connectivity index (χ0n) is 33.6. The van der Waals surface area contributed by atoms with Gasteiger partial charge in [-0.05, 0) is 146 Å². The summed E-state index contributed by atoms with van der Waals surface area (Å²) in [7, 11) is 7.82. The number of nitrogens with two attached hydrogens (primary N) is 1. The Bertz CT molecular complexity index is 2980. The normalized spacial score (nSPS) is 8.63. The van der Waals surface area contributed by atoms with Gasteiger partial charge in [-0.3, -0.25) is 4.57 Å². The lowest BCUT2D eigenvalue weighted by Gasteiger charge is -2.21. The molecule has 1 aromatic carbocycles. The van der Waals surface area contributed by atoms with Crippen LogP contribution in [-0.4, -0.2) is 75.4 Å². The van der Waals surface area contributed by atoms with E-state index in [9.17, 15) is 14.9 Å². The largest absolute Gasteiger partial charge is 0.497 e. The number of anilines is 1. The van der Waals surface area contributed by atoms with E-state index in [4.69, 9.17) is 17.6 Å². The molecule has 0 radical (unpaired) electrons. The molecule has 0 fully saturated rings. The highest BCUT2D eigenvalue weighted by Gasteiger charge is 2.16. The minimum Gasteiger partial charge on any atom is -0.497 e. The summed E-state index contributed by atoms with van der Waals surface area (Å²) in [4.78, 5) is 35.8. The summed E-state index contributed by atoms with van der Waals surface area (Å²) in [6.45, 7) is 2.29. The first-order valence-corrected chi connectivity index (χ1v) is 17.2. The van der Waals surface area contributed by atoms with Crippen LogP contribution in [0.4, 0.5) is 5.69 Å². The lowest BCUT2D eigenvalue weighted by Crippen LogP contribution is -2.29. The second-order valence-electron chi connectivity index (χ2n) is 11.1. The molecule has 18 heteroatoms. The summed E-state index contributed by atoms with van der Waals surface area (Å²) in [6, 6.07) is 9.67. The van der Waals surface area contributed by atoms with Crippen LogP contribution in [0.3, 0.4) is 0 Å². The van der Waals surface area contributed by atoms with Gasteiger partial charge in [0.1, 0.15) is 22.9 Å². The van der Waals surface area contributed by atoms with Crippen molar-refractivity contribution in [3.63, 3.8) is 0 Å². The van der Waals surface area contributed by atoms with Crippen molar-refractivity contribution in [3.05, 3.63) is 69.0 Å². The van der Waals surface area contributed by atoms with E-state index in [1.165, 1.54) is 16.4 Å². The molecule has 3 N–H and O–H groups in total. The van der Waals surface area contributed by atoms with E-state index >= 15 is 0 Å². The molecule has 0 aliphatic rings. The molecule has 0 unspecified atom stereocenters. The molecule has 3 heterocycles. The average Bonchev–Trinajstić information content (AvgIpc) is 3.77. The Kier molecular flexibility index (Phi) is 22.6. The smallest absolute Gasteiger partial charge is 0.352 e. The fourth-order valence-electron chi connectivity index (χ4n) is 4.29. The molecule has 4 rings (SSSR count). The number of ether oxygens (including phenoxy) is 1. The molecule has 0 bridgehead atoms. The quantitative estimate of drug-likeness (QED) is 0.0706. The van der Waals surface area contributed by atoms with Gasteiger partial charge in [0.25, 0.3) is 0 Å². The summed E-state index contributed by atoms with van der Waals surface area (Å²) < 4.78 is 8.20. The number of benzene rings is 1. The van der Waals surface area contributed by atoms with E-state index in [-0.39, 0.29) is 22.8 Å². The van der Waals surface area contributed by atoms with Crippen molar-refractivity contribution in [2.45, 2.75) is 13.0 Å². The zero-order chi connectivity index (χ0) is 45.2. The molecule has 0 aliphatic carbocycles. The van der Waals surface area contributed by atoms with Crippen LogP contribution >= 0.6 is 0 Å². The molecule has 0 atom stereocenters. The third-order valence-corrected chi connectivity index (χ3v) is 6.82. The number of nitrogens with one attached hydrogen (secondary N) is 1. The third kappa shape index (κ3) is 18.7. The van der Waals surface area contributed by atoms with Gasteiger partial charge in [0.15, 0.2) is 10.9 Å². The van der Waals surface area contributed by atoms with Gasteiger partial charge in [-0.1, -0.05) is 17.4 Å². The number of hydrazine groups is 1. The number of pyridine rings is 1. The van der Waals surface area contributed by atoms with Crippen LogP contribution < -0.4 is 26.7 Å². The minimum absolute atomic E-state index is 0. The summed E-state index contributed by atoms with van der Waals surface area (Å²) in [5, 5.41) is 24.2. The van der Waals surface area contributed by atoms with Gasteiger partial charge in [0.2, 0.25) is 0 Å². The number of hydrogen-bond donors (Lipinski definition) is 2. The molecule has 0 saturated heterocycles. The predicted molar refractivity (Wildman–Crippen MR) is 258 cm³/mol. The lowest BCUT2D eigenvalue weighted by molar-refractivity contribution is -0.546. The molecule has 0 spiro atoms. The van der Waals surface area contributed by atoms with Crippen molar-refractivity contribution in [1.82, 2.24) is 34.6 Å². The van der Waals surface area contributed by atoms with Gasteiger partial charge in [0.05, 0.1) is 36.0 Å². The molecule has 0 saturated carbocycles. The maximum absolute atomic E-state index is 13.1. The molecule has 18 nitrogen and oxygen atoms in total. The van der Waals surface area contributed by atoms with Crippen LogP contribution in [0.15, 0.2) is 68.5 Å². The van der Waals surface area contributed by atoms with Gasteiger partial charge in [0, 0.05) is 65.2 Å². The Morgan fingerprint density at radius 1 is 0.823 bits per heavy atom. The van der Waals surface area contributed by atoms with E-state index < -0.39 is 5.03 Å². The summed E-state index contributed by atoms with van der Waals surface area (Å²) in [6.07, 6.45) is 14.1. The Labute approximate surface area is 375 Å². The number of fused-ring (bicyclic) bond motifs is 3. The second kappa shape index (κ2) is 29.2. The first-order valence-electron chi connectivity index (χ1n) is 17.2. The number of methoxy groups -OCH3 is 1. The predicted octanol–water partition coefficient (Wildman–Crippen LogP) is 4.50. The maximum atomic E-state index is 13.1. The van der Waals surface area contributed by atoms with Crippen molar-refractivity contribution >= 4 is 22.4 Å². The van der Waals surface area contributed by atoms with E-state index in [0.29, 0.717) is 17.8 Å². The highest BCUT2D eigenvalue weighted by Crippen LogP contribution is 2.22. The lowest BCUT2D eigenvalue weighted by atomic mass is 10.2. The first-order chi connectivity index (χ1) is 30.2. The van der Waals surface area contributed by atoms with Crippen LogP contribution in [0.2, 0.25) is 0 Å². The Morgan fingerprint density at radius 3 is 1.82 bits per heavy atom. The molecule has 4 aromatic rings. The summed E-state index contributed by atoms with van der Waals surface area (Å²) in [5.41, 5.74) is 4.13. The molecule has 0 amide bonds. The molecule has 62 heavy (non-hydrogen) atoms. The average molecular weight is 845 g/mol. The van der Waals surface area contributed by atoms with Gasteiger partial charge in [-0.15, -0.1) is 12.8 Å². The Balaban J connectivity index is -0.0000000922. The van der Waals surface area contributed by atoms with Crippen molar-refractivity contribution < 1.29 is 26.9 Å². The van der Waals surface area contributed by atoms with Crippen LogP contribution in [0, 0.1) is 141 Å². The standard InChI is InChI=1S/C22H27N7O2.C22H2.H3N7O2.12H2/c1-26(2)10-5-11-27(3)17-12-19-20(23-13-17)28(22(30)29-21(19)24-15-25-29)14-16-6-8-18(31-4)9-7-16;1-3-5-7-9-11-13-15-17-19-21-22-20-18-16-14-12-10-8-6-4-2;1-2-3-4-5-6-7(8)9;;;;;;;;;;;;/h6-9,12-13,15H,5,10-11,14H2,1-4H3;1-2H;(H2,1,3,5)(H,2,4,6);12*1H. The Morgan fingerprint density at radius 2 is 1.35 bits per heavy atom. The van der Waals surface area contributed by atoms with E-state index in [1.807, 2.05) is 43.6 Å². The Hall–Kier alpha value is -10.1. The minimum atomic E-state index is -0.907. The van der Waals surface area contributed by atoms with Crippen molar-refractivity contribution in [2.24, 2.45) is 26.7 Å². The first kappa shape index (κ1) is 48.0. The summed E-state index contributed by atoms with van der Waals surface area (Å²) in [5.74, 6) is 53.4. The number of terminal acetylenes is 2. The highest BCUT2D eigenvalue weighted by atomic mass is 16.7. The molecule has 3 aromatic heterocycles. The zero-order valence-corrected chi connectivity index (χ0v) is 33.6. The van der Waals surface area contributed by atoms with Gasteiger partial charge in [-0.2, -0.15) is 9.61 Å². The van der Waals surface area contributed by atoms with Crippen LogP contribution in [-0.2, 0) is 6.54 Å². The third-order valence-electron chi connectivity index (χ3n) is 6.82. The maximum Gasteiger partial charge on any atom is 0.352 e. The van der Waals surface area contributed by atoms with Crippen molar-refractivity contribution in [2.75, 3.05) is 46.2 Å². The monoisotopic (exact) mass is 844 g/mol. The van der Waals surface area contributed by atoms with Crippen molar-refractivity contribution in [3.8, 4) is 137 Å². The molecule has 0 aliphatic heterocycles.